The predicted octanol–water partition coefficient (Wildman–Crippen LogP) is 2.63. The quantitative estimate of drug-likeness (QED) is 0.491. The van der Waals surface area contributed by atoms with E-state index in [1.54, 1.807) is 0 Å². The molecule has 0 aliphatic rings. The lowest BCUT2D eigenvalue weighted by Gasteiger charge is -2.00. The smallest absolute Gasteiger partial charge is 0.0622 e. The molecular weight excluding hydrogens is 178 g/mol. The molecule has 50 valence electrons. The van der Waals surface area contributed by atoms with Crippen LogP contribution < -0.4 is 0 Å². The summed E-state index contributed by atoms with van der Waals surface area (Å²) in [6.45, 7) is 3.60. The Morgan fingerprint density at radius 2 is 2.44 bits per heavy atom. The fourth-order valence-electron chi connectivity index (χ4n) is 0.520. The number of alkyl halides is 1. The molecule has 0 saturated heterocycles. The van der Waals surface area contributed by atoms with E-state index in [9.17, 15) is 0 Å². The molecule has 0 fully saturated rings. The van der Waals surface area contributed by atoms with Gasteiger partial charge in [-0.25, -0.2) is 0 Å². The average Bonchev–Trinajstić information content (AvgIpc) is 1.85. The molecule has 0 aromatic heterocycles. The highest BCUT2D eigenvalue weighted by molar-refractivity contribution is 9.09. The Morgan fingerprint density at radius 3 is 2.89 bits per heavy atom. The van der Waals surface area contributed by atoms with Crippen molar-refractivity contribution in [3.63, 3.8) is 0 Å². The molecule has 0 rings (SSSR count). The van der Waals surface area contributed by atoms with Crippen LogP contribution in [0.3, 0.4) is 0 Å². The van der Waals surface area contributed by atoms with E-state index in [4.69, 9.17) is 5.26 Å². The highest BCUT2D eigenvalue weighted by Crippen LogP contribution is 2.11. The predicted molar refractivity (Wildman–Crippen MR) is 42.4 cm³/mol. The molecule has 0 aliphatic carbocycles. The van der Waals surface area contributed by atoms with Crippen molar-refractivity contribution in [1.82, 2.24) is 0 Å². The molecule has 0 saturated carbocycles. The molecule has 0 aromatic carbocycles. The van der Waals surface area contributed by atoms with Gasteiger partial charge in [-0.2, -0.15) is 5.26 Å². The van der Waals surface area contributed by atoms with Gasteiger partial charge in [0.2, 0.25) is 0 Å². The number of rotatable bonds is 4. The van der Waals surface area contributed by atoms with Gasteiger partial charge >= 0.3 is 0 Å². The average molecular weight is 188 g/mol. The third-order valence-electron chi connectivity index (χ3n) is 0.992. The molecule has 0 radical (unpaired) electrons. The van der Waals surface area contributed by atoms with E-state index < -0.39 is 0 Å². The fraction of sp³-hybridized carbons (Fsp3) is 0.571. The summed E-state index contributed by atoms with van der Waals surface area (Å²) >= 11 is 3.42. The number of hydrogen-bond donors (Lipinski definition) is 0. The summed E-state index contributed by atoms with van der Waals surface area (Å²) in [5.74, 6) is 0. The Kier molecular flexibility index (Phi) is 5.65. The molecule has 0 aromatic rings. The van der Waals surface area contributed by atoms with Gasteiger partial charge in [-0.05, 0) is 12.8 Å². The first-order valence-electron chi connectivity index (χ1n) is 2.93. The third kappa shape index (κ3) is 5.58. The number of hydrogen-bond acceptors (Lipinski definition) is 1. The normalized spacial score (nSPS) is 12.0. The van der Waals surface area contributed by atoms with Crippen LogP contribution in [-0.4, -0.2) is 4.83 Å². The van der Waals surface area contributed by atoms with E-state index in [-0.39, 0.29) is 0 Å². The van der Waals surface area contributed by atoms with Crippen molar-refractivity contribution in [3.05, 3.63) is 12.7 Å². The molecule has 1 unspecified atom stereocenters. The topological polar surface area (TPSA) is 23.8 Å². The summed E-state index contributed by atoms with van der Waals surface area (Å²) in [5.41, 5.74) is 0. The lowest BCUT2D eigenvalue weighted by molar-refractivity contribution is 0.800. The standard InChI is InChI=1S/C7H10BrN/c1-2-4-7(8)5-3-6-9/h2,7H,1,3-5H2. The second-order valence-electron chi connectivity index (χ2n) is 1.82. The van der Waals surface area contributed by atoms with Gasteiger partial charge in [0, 0.05) is 11.2 Å². The summed E-state index contributed by atoms with van der Waals surface area (Å²) < 4.78 is 0. The largest absolute Gasteiger partial charge is 0.198 e. The SMILES string of the molecule is C=CCC(Br)CCC#N. The van der Waals surface area contributed by atoms with Crippen molar-refractivity contribution in [2.45, 2.75) is 24.1 Å². The summed E-state index contributed by atoms with van der Waals surface area (Å²) in [5, 5.41) is 8.19. The van der Waals surface area contributed by atoms with Crippen molar-refractivity contribution in [2.75, 3.05) is 0 Å². The van der Waals surface area contributed by atoms with Crippen molar-refractivity contribution in [3.8, 4) is 6.07 Å². The van der Waals surface area contributed by atoms with Crippen LogP contribution in [-0.2, 0) is 0 Å². The zero-order valence-corrected chi connectivity index (χ0v) is 6.89. The maximum Gasteiger partial charge on any atom is 0.0622 e. The maximum atomic E-state index is 8.19. The lowest BCUT2D eigenvalue weighted by Crippen LogP contribution is -1.93. The van der Waals surface area contributed by atoms with E-state index in [0.29, 0.717) is 11.2 Å². The van der Waals surface area contributed by atoms with E-state index >= 15 is 0 Å². The van der Waals surface area contributed by atoms with Gasteiger partial charge < -0.3 is 0 Å². The second-order valence-corrected chi connectivity index (χ2v) is 3.11. The van der Waals surface area contributed by atoms with Gasteiger partial charge in [0.1, 0.15) is 0 Å². The Balaban J connectivity index is 3.17. The Morgan fingerprint density at radius 1 is 1.78 bits per heavy atom. The summed E-state index contributed by atoms with van der Waals surface area (Å²) in [4.78, 5) is 0.439. The Bertz CT molecular complexity index is 115. The molecule has 1 atom stereocenters. The van der Waals surface area contributed by atoms with Gasteiger partial charge in [-0.15, -0.1) is 6.58 Å². The summed E-state index contributed by atoms with van der Waals surface area (Å²) in [7, 11) is 0. The maximum absolute atomic E-state index is 8.19. The first-order valence-corrected chi connectivity index (χ1v) is 3.84. The molecule has 0 N–H and O–H groups in total. The fourth-order valence-corrected chi connectivity index (χ4v) is 1.01. The van der Waals surface area contributed by atoms with Crippen LogP contribution in [0.2, 0.25) is 0 Å². The van der Waals surface area contributed by atoms with E-state index in [2.05, 4.69) is 28.6 Å². The lowest BCUT2D eigenvalue weighted by atomic mass is 10.2. The third-order valence-corrected chi connectivity index (χ3v) is 1.82. The minimum Gasteiger partial charge on any atom is -0.198 e. The molecule has 2 heteroatoms. The zero-order chi connectivity index (χ0) is 7.11. The summed E-state index contributed by atoms with van der Waals surface area (Å²) in [6, 6.07) is 2.09. The van der Waals surface area contributed by atoms with Crippen LogP contribution in [0.4, 0.5) is 0 Å². The Labute approximate surface area is 64.5 Å². The van der Waals surface area contributed by atoms with Crippen LogP contribution in [0, 0.1) is 11.3 Å². The second kappa shape index (κ2) is 5.84. The van der Waals surface area contributed by atoms with Gasteiger partial charge in [-0.3, -0.25) is 0 Å². The van der Waals surface area contributed by atoms with Crippen molar-refractivity contribution >= 4 is 15.9 Å². The summed E-state index contributed by atoms with van der Waals surface area (Å²) in [6.07, 6.45) is 4.35. The van der Waals surface area contributed by atoms with Crippen LogP contribution in [0.25, 0.3) is 0 Å². The van der Waals surface area contributed by atoms with E-state index in [0.717, 1.165) is 12.8 Å². The van der Waals surface area contributed by atoms with Crippen LogP contribution in [0.15, 0.2) is 12.7 Å². The van der Waals surface area contributed by atoms with Gasteiger partial charge in [0.15, 0.2) is 0 Å². The molecular formula is C7H10BrN. The van der Waals surface area contributed by atoms with Crippen LogP contribution >= 0.6 is 15.9 Å². The minimum absolute atomic E-state index is 0.439. The van der Waals surface area contributed by atoms with Crippen LogP contribution in [0.1, 0.15) is 19.3 Å². The highest BCUT2D eigenvalue weighted by Gasteiger charge is 1.98. The first-order chi connectivity index (χ1) is 4.31. The van der Waals surface area contributed by atoms with E-state index in [1.807, 2.05) is 6.08 Å². The highest BCUT2D eigenvalue weighted by atomic mass is 79.9. The first kappa shape index (κ1) is 8.71. The Hall–Kier alpha value is -0.290. The van der Waals surface area contributed by atoms with Crippen LogP contribution in [0.5, 0.6) is 0 Å². The van der Waals surface area contributed by atoms with Crippen molar-refractivity contribution < 1.29 is 0 Å². The number of nitriles is 1. The number of allylic oxidation sites excluding steroid dienone is 1. The number of nitrogens with zero attached hydrogens (tertiary/aromatic N) is 1. The molecule has 0 aliphatic heterocycles. The van der Waals surface area contributed by atoms with Gasteiger partial charge in [0.25, 0.3) is 0 Å². The van der Waals surface area contributed by atoms with Gasteiger partial charge in [-0.1, -0.05) is 22.0 Å². The minimum atomic E-state index is 0.439. The monoisotopic (exact) mass is 187 g/mol. The molecule has 9 heavy (non-hydrogen) atoms. The zero-order valence-electron chi connectivity index (χ0n) is 5.31. The van der Waals surface area contributed by atoms with Crippen molar-refractivity contribution in [2.24, 2.45) is 0 Å². The molecule has 1 nitrogen and oxygen atoms in total. The molecule has 0 bridgehead atoms. The number of halogens is 1. The molecule has 0 amide bonds. The molecule has 0 heterocycles. The van der Waals surface area contributed by atoms with Gasteiger partial charge in [0.05, 0.1) is 6.07 Å². The van der Waals surface area contributed by atoms with E-state index in [1.165, 1.54) is 0 Å². The molecule has 0 spiro atoms. The van der Waals surface area contributed by atoms with Crippen molar-refractivity contribution in [1.29, 1.82) is 5.26 Å².